The molecule has 2 heterocycles. The van der Waals surface area contributed by atoms with E-state index >= 15 is 0 Å². The van der Waals surface area contributed by atoms with Crippen molar-refractivity contribution in [3.8, 4) is 23.3 Å². The van der Waals surface area contributed by atoms with Crippen molar-refractivity contribution in [3.05, 3.63) is 89.2 Å². The largest absolute Gasteiger partial charge is 0.429 e. The Morgan fingerprint density at radius 2 is 1.38 bits per heavy atom. The number of nitrogens with zero attached hydrogens (tertiary/aromatic N) is 6. The van der Waals surface area contributed by atoms with Gasteiger partial charge in [0, 0.05) is 43.0 Å². The number of aryl methyl sites for hydroxylation is 2. The number of aromatic nitrogens is 4. The average molecular weight is 785 g/mol. The number of halogens is 8. The second-order valence-corrected chi connectivity index (χ2v) is 10.5. The summed E-state index contributed by atoms with van der Waals surface area (Å²) in [6, 6.07) is 3.88. The Labute approximate surface area is 297 Å². The molecular formula is C28H24Cl2F6N8O8. The molecule has 24 heteroatoms. The van der Waals surface area contributed by atoms with Gasteiger partial charge in [-0.15, -0.1) is 10.2 Å². The number of ether oxygens (including phenoxy) is 2. The Morgan fingerprint density at radius 1 is 0.904 bits per heavy atom. The van der Waals surface area contributed by atoms with E-state index < -0.39 is 72.3 Å². The van der Waals surface area contributed by atoms with Crippen LogP contribution in [0.5, 0.6) is 23.3 Å². The van der Waals surface area contributed by atoms with Gasteiger partial charge in [-0.1, -0.05) is 23.2 Å². The van der Waals surface area contributed by atoms with Crippen LogP contribution in [0.25, 0.3) is 0 Å². The molecule has 0 aliphatic carbocycles. The molecule has 0 saturated carbocycles. The third kappa shape index (κ3) is 11.7. The fourth-order valence-electron chi connectivity index (χ4n) is 3.61. The van der Waals surface area contributed by atoms with Crippen LogP contribution in [-0.2, 0) is 17.1 Å². The first-order chi connectivity index (χ1) is 24.1. The zero-order valence-corrected chi connectivity index (χ0v) is 28.4. The van der Waals surface area contributed by atoms with Crippen LogP contribution in [0, 0.1) is 34.1 Å². The molecule has 2 N–H and O–H groups in total. The molecule has 52 heavy (non-hydrogen) atoms. The van der Waals surface area contributed by atoms with Crippen molar-refractivity contribution in [1.82, 2.24) is 25.3 Å². The summed E-state index contributed by atoms with van der Waals surface area (Å²) in [5.74, 6) is -1.39. The van der Waals surface area contributed by atoms with Crippen molar-refractivity contribution in [1.29, 1.82) is 0 Å². The van der Waals surface area contributed by atoms with Crippen molar-refractivity contribution in [2.45, 2.75) is 40.0 Å². The van der Waals surface area contributed by atoms with Gasteiger partial charge < -0.3 is 14.8 Å². The second-order valence-electron chi connectivity index (χ2n) is 9.65. The minimum absolute atomic E-state index is 0.0442. The van der Waals surface area contributed by atoms with Gasteiger partial charge in [0.25, 0.3) is 0 Å². The lowest BCUT2D eigenvalue weighted by atomic mass is 10.2. The maximum absolute atomic E-state index is 12.8. The fraction of sp³-hybridized carbons (Fsp3) is 0.286. The lowest BCUT2D eigenvalue weighted by Crippen LogP contribution is -2.29. The van der Waals surface area contributed by atoms with Crippen molar-refractivity contribution in [3.63, 3.8) is 0 Å². The number of isocyanates is 1. The Balaban J connectivity index is 0.000000324. The van der Waals surface area contributed by atoms with E-state index in [0.29, 0.717) is 48.7 Å². The van der Waals surface area contributed by atoms with Crippen molar-refractivity contribution in [2.24, 2.45) is 4.99 Å². The second kappa shape index (κ2) is 18.0. The van der Waals surface area contributed by atoms with E-state index in [1.165, 1.54) is 25.1 Å². The summed E-state index contributed by atoms with van der Waals surface area (Å²) < 4.78 is 87.6. The molecule has 4 rings (SSSR count). The summed E-state index contributed by atoms with van der Waals surface area (Å²) in [7, 11) is 0. The van der Waals surface area contributed by atoms with E-state index in [-0.39, 0.29) is 11.8 Å². The number of alkyl halides is 6. The molecule has 0 atom stereocenters. The number of benzene rings is 2. The molecule has 0 unspecified atom stereocenters. The number of nitrogens with one attached hydrogen (secondary N) is 2. The molecule has 0 saturated heterocycles. The van der Waals surface area contributed by atoms with Gasteiger partial charge in [0.05, 0.1) is 36.7 Å². The highest BCUT2D eigenvalue weighted by Crippen LogP contribution is 2.44. The summed E-state index contributed by atoms with van der Waals surface area (Å²) in [5, 5.41) is 33.4. The zero-order valence-electron chi connectivity index (χ0n) is 26.9. The highest BCUT2D eigenvalue weighted by molar-refractivity contribution is 6.33. The van der Waals surface area contributed by atoms with Crippen LogP contribution in [0.1, 0.15) is 36.4 Å². The maximum atomic E-state index is 12.8. The summed E-state index contributed by atoms with van der Waals surface area (Å²) in [6.45, 7) is 7.54. The molecule has 0 bridgehead atoms. The van der Waals surface area contributed by atoms with Crippen LogP contribution in [0.4, 0.5) is 42.5 Å². The van der Waals surface area contributed by atoms with Gasteiger partial charge >= 0.3 is 29.8 Å². The molecule has 0 spiro atoms. The molecule has 1 amide bonds. The van der Waals surface area contributed by atoms with E-state index in [1.807, 2.05) is 0 Å². The van der Waals surface area contributed by atoms with Gasteiger partial charge in [0.15, 0.2) is 0 Å². The summed E-state index contributed by atoms with van der Waals surface area (Å²) >= 11 is 11.4. The predicted octanol–water partition coefficient (Wildman–Crippen LogP) is 8.57. The Morgan fingerprint density at radius 3 is 1.73 bits per heavy atom. The SMILES string of the molecule is CCN=C=O.CCNC(=O)n1nc(Oc2c(Cl)cc(C(F)(F)F)cc2[N+](=O)[O-])cc1C.Cc1cc(Oc2c(Cl)cc(C(F)(F)F)cc2[N+](=O)[O-])n[nH]1. The quantitative estimate of drug-likeness (QED) is 0.0571. The normalized spacial score (nSPS) is 10.8. The number of aromatic amines is 1. The van der Waals surface area contributed by atoms with Crippen LogP contribution in [0.2, 0.25) is 10.0 Å². The van der Waals surface area contributed by atoms with E-state index in [4.69, 9.17) is 37.5 Å². The number of nitro groups is 2. The number of hydrogen-bond acceptors (Lipinski definition) is 11. The molecule has 0 aliphatic rings. The predicted molar refractivity (Wildman–Crippen MR) is 170 cm³/mol. The third-order valence-electron chi connectivity index (χ3n) is 5.80. The number of aliphatic imine (C=N–C) groups is 1. The highest BCUT2D eigenvalue weighted by atomic mass is 35.5. The molecule has 0 fully saturated rings. The van der Waals surface area contributed by atoms with Gasteiger partial charge in [0.2, 0.25) is 29.3 Å². The fourth-order valence-corrected chi connectivity index (χ4v) is 4.11. The summed E-state index contributed by atoms with van der Waals surface area (Å²) in [6.07, 6.45) is -8.18. The zero-order chi connectivity index (χ0) is 39.6. The topological polar surface area (TPSA) is 210 Å². The monoisotopic (exact) mass is 784 g/mol. The van der Waals surface area contributed by atoms with E-state index in [1.54, 1.807) is 20.8 Å². The van der Waals surface area contributed by atoms with Gasteiger partial charge in [-0.3, -0.25) is 25.3 Å². The van der Waals surface area contributed by atoms with Gasteiger partial charge in [-0.05, 0) is 39.8 Å². The minimum atomic E-state index is -4.82. The number of carbonyl (C=O) groups excluding carboxylic acids is 2. The smallest absolute Gasteiger partial charge is 0.416 e. The molecule has 16 nitrogen and oxygen atoms in total. The number of hydrogen-bond donors (Lipinski definition) is 2. The number of nitro benzene ring substituents is 2. The lowest BCUT2D eigenvalue weighted by molar-refractivity contribution is -0.386. The van der Waals surface area contributed by atoms with E-state index in [0.717, 1.165) is 4.68 Å². The average Bonchev–Trinajstić information content (AvgIpc) is 3.62. The van der Waals surface area contributed by atoms with E-state index in [9.17, 15) is 51.4 Å². The molecule has 4 aromatic rings. The molecule has 2 aromatic heterocycles. The van der Waals surface area contributed by atoms with Crippen LogP contribution in [0.3, 0.4) is 0 Å². The number of amides is 1. The standard InChI is InChI=1S/C14H12ClF3N4O4.C11H7ClF3N3O3.C3H5NO/c1-3-19-13(23)21-7(2)4-11(20-21)26-12-9(15)5-8(14(16,17)18)6-10(12)22(24)25;1-5-2-9(17-16-5)21-10-7(12)3-6(11(13,14)15)4-8(10)18(19)20;1-2-4-3-5/h4-6H,3H2,1-2H3,(H,19,23);2-4H,1H3,(H,16,17);2H2,1H3. The van der Waals surface area contributed by atoms with Crippen LogP contribution in [0.15, 0.2) is 41.4 Å². The molecular weight excluding hydrogens is 761 g/mol. The van der Waals surface area contributed by atoms with Crippen LogP contribution >= 0.6 is 23.2 Å². The Bertz CT molecular complexity index is 1980. The number of carbonyl (C=O) groups is 1. The molecule has 280 valence electrons. The van der Waals surface area contributed by atoms with E-state index in [2.05, 4.69) is 25.6 Å². The van der Waals surface area contributed by atoms with Crippen molar-refractivity contribution < 1.29 is 55.3 Å². The minimum Gasteiger partial charge on any atom is -0.429 e. The van der Waals surface area contributed by atoms with Crippen LogP contribution < -0.4 is 14.8 Å². The number of rotatable bonds is 8. The molecule has 0 aliphatic heterocycles. The van der Waals surface area contributed by atoms with Gasteiger partial charge in [-0.25, -0.2) is 14.6 Å². The Hall–Kier alpha value is -5.73. The lowest BCUT2D eigenvalue weighted by Gasteiger charge is -2.10. The Kier molecular flexibility index (Phi) is 14.7. The third-order valence-corrected chi connectivity index (χ3v) is 6.36. The first-order valence-electron chi connectivity index (χ1n) is 14.0. The van der Waals surface area contributed by atoms with Crippen molar-refractivity contribution in [2.75, 3.05) is 13.1 Å². The molecule has 2 aromatic carbocycles. The highest BCUT2D eigenvalue weighted by Gasteiger charge is 2.36. The first kappa shape index (κ1) is 42.4. The first-order valence-corrected chi connectivity index (χ1v) is 14.8. The number of H-pyrrole nitrogens is 1. The molecule has 0 radical (unpaired) electrons. The summed E-state index contributed by atoms with van der Waals surface area (Å²) in [4.78, 5) is 44.1. The van der Waals surface area contributed by atoms with Gasteiger partial charge in [0.1, 0.15) is 0 Å². The van der Waals surface area contributed by atoms with Crippen LogP contribution in [-0.4, -0.2) is 55.0 Å². The maximum Gasteiger partial charge on any atom is 0.416 e. The van der Waals surface area contributed by atoms with Gasteiger partial charge in [-0.2, -0.15) is 31.0 Å². The summed E-state index contributed by atoms with van der Waals surface area (Å²) in [5.41, 5.74) is -3.44. The van der Waals surface area contributed by atoms with Crippen molar-refractivity contribution >= 4 is 46.7 Å².